The highest BCUT2D eigenvalue weighted by molar-refractivity contribution is 5.00. The van der Waals surface area contributed by atoms with Gasteiger partial charge in [0.15, 0.2) is 0 Å². The molecule has 2 fully saturated rings. The average Bonchev–Trinajstić information content (AvgIpc) is 2.48. The number of likely N-dealkylation sites (tertiary alicyclic amines) is 1. The first-order chi connectivity index (χ1) is 6.65. The van der Waals surface area contributed by atoms with Gasteiger partial charge in [-0.3, -0.25) is 0 Å². The van der Waals surface area contributed by atoms with E-state index in [9.17, 15) is 0 Å². The lowest BCUT2D eigenvalue weighted by molar-refractivity contribution is 0.00409. The van der Waals surface area contributed by atoms with Crippen LogP contribution in [-0.4, -0.2) is 31.1 Å². The van der Waals surface area contributed by atoms with E-state index in [0.29, 0.717) is 5.41 Å². The lowest BCUT2D eigenvalue weighted by Gasteiger charge is -2.48. The van der Waals surface area contributed by atoms with Gasteiger partial charge < -0.3 is 10.6 Å². The third kappa shape index (κ3) is 1.82. The van der Waals surface area contributed by atoms with Crippen LogP contribution in [0.3, 0.4) is 0 Å². The van der Waals surface area contributed by atoms with Crippen molar-refractivity contribution in [3.63, 3.8) is 0 Å². The van der Waals surface area contributed by atoms with Crippen LogP contribution in [0.5, 0.6) is 0 Å². The largest absolute Gasteiger partial charge is 0.329 e. The van der Waals surface area contributed by atoms with Crippen molar-refractivity contribution in [3.8, 4) is 0 Å². The van der Waals surface area contributed by atoms with Gasteiger partial charge in [0.1, 0.15) is 0 Å². The van der Waals surface area contributed by atoms with Gasteiger partial charge in [0, 0.05) is 26.2 Å². The average molecular weight is 196 g/mol. The fourth-order valence-corrected chi connectivity index (χ4v) is 3.35. The molecular formula is C12H24N2. The van der Waals surface area contributed by atoms with E-state index in [0.717, 1.165) is 24.9 Å². The van der Waals surface area contributed by atoms with E-state index in [4.69, 9.17) is 5.73 Å². The lowest BCUT2D eigenvalue weighted by Crippen LogP contribution is -2.56. The molecule has 2 rings (SSSR count). The van der Waals surface area contributed by atoms with E-state index in [-0.39, 0.29) is 0 Å². The number of nitrogens with zero attached hydrogens (tertiary/aromatic N) is 1. The molecule has 1 saturated heterocycles. The van der Waals surface area contributed by atoms with E-state index in [1.807, 2.05) is 0 Å². The first kappa shape index (κ1) is 10.4. The molecule has 1 unspecified atom stereocenters. The Labute approximate surface area is 87.8 Å². The van der Waals surface area contributed by atoms with Gasteiger partial charge in [-0.1, -0.05) is 13.8 Å². The smallest absolute Gasteiger partial charge is 0.0105 e. The summed E-state index contributed by atoms with van der Waals surface area (Å²) in [6.45, 7) is 9.33. The molecule has 82 valence electrons. The summed E-state index contributed by atoms with van der Waals surface area (Å²) in [6.07, 6.45) is 4.41. The highest BCUT2D eigenvalue weighted by Gasteiger charge is 2.47. The van der Waals surface area contributed by atoms with Crippen molar-refractivity contribution in [2.75, 3.05) is 26.2 Å². The van der Waals surface area contributed by atoms with Crippen LogP contribution >= 0.6 is 0 Å². The quantitative estimate of drug-likeness (QED) is 0.744. The summed E-state index contributed by atoms with van der Waals surface area (Å²) in [4.78, 5) is 2.52. The molecular weight excluding hydrogens is 172 g/mol. The maximum atomic E-state index is 5.56. The van der Waals surface area contributed by atoms with Gasteiger partial charge in [0.2, 0.25) is 0 Å². The molecule has 2 heteroatoms. The summed E-state index contributed by atoms with van der Waals surface area (Å²) in [5.74, 6) is 1.88. The highest BCUT2D eigenvalue weighted by atomic mass is 15.2. The predicted octanol–water partition coefficient (Wildman–Crippen LogP) is 1.70. The Hall–Kier alpha value is -0.0800. The van der Waals surface area contributed by atoms with E-state index in [1.54, 1.807) is 0 Å². The molecule has 0 bridgehead atoms. The molecule has 0 amide bonds. The van der Waals surface area contributed by atoms with Crippen LogP contribution in [0.15, 0.2) is 0 Å². The zero-order valence-corrected chi connectivity index (χ0v) is 9.63. The first-order valence-corrected chi connectivity index (χ1v) is 6.08. The maximum absolute atomic E-state index is 5.56. The van der Waals surface area contributed by atoms with E-state index in [2.05, 4.69) is 18.7 Å². The van der Waals surface area contributed by atoms with Crippen molar-refractivity contribution in [2.45, 2.75) is 33.1 Å². The molecule has 0 radical (unpaired) electrons. The molecule has 2 N–H and O–H groups in total. The van der Waals surface area contributed by atoms with Crippen LogP contribution in [0.2, 0.25) is 0 Å². The summed E-state index contributed by atoms with van der Waals surface area (Å²) in [5, 5.41) is 0. The Balaban J connectivity index is 1.80. The van der Waals surface area contributed by atoms with Crippen LogP contribution < -0.4 is 5.73 Å². The summed E-state index contributed by atoms with van der Waals surface area (Å²) in [6, 6.07) is 0. The van der Waals surface area contributed by atoms with Gasteiger partial charge in [0.05, 0.1) is 0 Å². The summed E-state index contributed by atoms with van der Waals surface area (Å²) < 4.78 is 0. The predicted molar refractivity (Wildman–Crippen MR) is 60.1 cm³/mol. The molecule has 1 heterocycles. The third-order valence-corrected chi connectivity index (χ3v) is 4.25. The topological polar surface area (TPSA) is 29.3 Å². The molecule has 14 heavy (non-hydrogen) atoms. The van der Waals surface area contributed by atoms with Crippen molar-refractivity contribution in [1.29, 1.82) is 0 Å². The van der Waals surface area contributed by atoms with Crippen molar-refractivity contribution in [3.05, 3.63) is 0 Å². The van der Waals surface area contributed by atoms with Crippen LogP contribution in [0.1, 0.15) is 33.1 Å². The Kier molecular flexibility index (Phi) is 2.85. The Morgan fingerprint density at radius 3 is 2.64 bits per heavy atom. The van der Waals surface area contributed by atoms with Crippen LogP contribution in [-0.2, 0) is 0 Å². The summed E-state index contributed by atoms with van der Waals surface area (Å²) in [5.41, 5.74) is 6.27. The maximum Gasteiger partial charge on any atom is 0.0105 e. The van der Waals surface area contributed by atoms with Crippen molar-refractivity contribution >= 4 is 0 Å². The minimum absolute atomic E-state index is 0.712. The fraction of sp³-hybridized carbons (Fsp3) is 1.00. The highest BCUT2D eigenvalue weighted by Crippen LogP contribution is 2.49. The molecule has 1 saturated carbocycles. The minimum atomic E-state index is 0.712. The second-order valence-electron chi connectivity index (χ2n) is 5.75. The molecule has 2 aliphatic rings. The van der Waals surface area contributed by atoms with Gasteiger partial charge in [0.25, 0.3) is 0 Å². The SMILES string of the molecule is CC(C)C1CCC2(C1)CN(CCN)C2. The minimum Gasteiger partial charge on any atom is -0.329 e. The van der Waals surface area contributed by atoms with Crippen LogP contribution in [0.25, 0.3) is 0 Å². The fourth-order valence-electron chi connectivity index (χ4n) is 3.35. The first-order valence-electron chi connectivity index (χ1n) is 6.08. The standard InChI is InChI=1S/C12H24N2/c1-10(2)11-3-4-12(7-11)8-14(9-12)6-5-13/h10-11H,3-9,13H2,1-2H3. The monoisotopic (exact) mass is 196 g/mol. The lowest BCUT2D eigenvalue weighted by atomic mass is 9.76. The van der Waals surface area contributed by atoms with Crippen molar-refractivity contribution in [2.24, 2.45) is 23.0 Å². The summed E-state index contributed by atoms with van der Waals surface area (Å²) >= 11 is 0. The van der Waals surface area contributed by atoms with Gasteiger partial charge >= 0.3 is 0 Å². The second-order valence-corrected chi connectivity index (χ2v) is 5.75. The van der Waals surface area contributed by atoms with Crippen LogP contribution in [0.4, 0.5) is 0 Å². The number of rotatable bonds is 3. The van der Waals surface area contributed by atoms with Crippen molar-refractivity contribution in [1.82, 2.24) is 4.90 Å². The normalized spacial score (nSPS) is 31.3. The molecule has 0 aromatic heterocycles. The van der Waals surface area contributed by atoms with E-state index < -0.39 is 0 Å². The van der Waals surface area contributed by atoms with Gasteiger partial charge in [-0.2, -0.15) is 0 Å². The molecule has 1 aliphatic heterocycles. The number of hydrogen-bond acceptors (Lipinski definition) is 2. The molecule has 0 aromatic carbocycles. The van der Waals surface area contributed by atoms with Crippen LogP contribution in [0, 0.1) is 17.3 Å². The molecule has 1 spiro atoms. The zero-order valence-electron chi connectivity index (χ0n) is 9.63. The number of hydrogen-bond donors (Lipinski definition) is 1. The Bertz CT molecular complexity index is 194. The summed E-state index contributed by atoms with van der Waals surface area (Å²) in [7, 11) is 0. The number of nitrogens with two attached hydrogens (primary N) is 1. The second kappa shape index (κ2) is 3.82. The molecule has 0 aromatic rings. The molecule has 2 nitrogen and oxygen atoms in total. The van der Waals surface area contributed by atoms with E-state index in [1.165, 1.54) is 32.4 Å². The zero-order chi connectivity index (χ0) is 10.2. The van der Waals surface area contributed by atoms with E-state index >= 15 is 0 Å². The Morgan fingerprint density at radius 2 is 2.14 bits per heavy atom. The molecule has 1 aliphatic carbocycles. The van der Waals surface area contributed by atoms with Gasteiger partial charge in [-0.05, 0) is 36.5 Å². The molecule has 1 atom stereocenters. The van der Waals surface area contributed by atoms with Gasteiger partial charge in [-0.15, -0.1) is 0 Å². The third-order valence-electron chi connectivity index (χ3n) is 4.25. The Morgan fingerprint density at radius 1 is 1.43 bits per heavy atom. The van der Waals surface area contributed by atoms with Crippen molar-refractivity contribution < 1.29 is 0 Å². The van der Waals surface area contributed by atoms with Gasteiger partial charge in [-0.25, -0.2) is 0 Å².